The molecule has 1 aliphatic heterocycles. The van der Waals surface area contributed by atoms with E-state index < -0.39 is 10.0 Å². The molecule has 0 bridgehead atoms. The molecule has 10 heteroatoms. The molecular formula is C29H29N3O6S. The molecule has 39 heavy (non-hydrogen) atoms. The van der Waals surface area contributed by atoms with E-state index in [4.69, 9.17) is 4.74 Å². The second kappa shape index (κ2) is 10.9. The Labute approximate surface area is 226 Å². The Morgan fingerprint density at radius 1 is 1.08 bits per heavy atom. The van der Waals surface area contributed by atoms with Gasteiger partial charge in [0.1, 0.15) is 0 Å². The molecule has 0 atom stereocenters. The number of esters is 1. The fourth-order valence-corrected chi connectivity index (χ4v) is 6.12. The molecule has 2 aromatic carbocycles. The van der Waals surface area contributed by atoms with Crippen molar-refractivity contribution in [2.75, 3.05) is 16.6 Å². The highest BCUT2D eigenvalue weighted by molar-refractivity contribution is 7.92. The number of fused-ring (bicyclic) bond motifs is 2. The maximum Gasteiger partial charge on any atom is 0.306 e. The van der Waals surface area contributed by atoms with Crippen LogP contribution < -0.4 is 10.0 Å². The molecule has 0 saturated carbocycles. The highest BCUT2D eigenvalue weighted by Gasteiger charge is 2.29. The second-order valence-electron chi connectivity index (χ2n) is 9.50. The van der Waals surface area contributed by atoms with Gasteiger partial charge in [0.15, 0.2) is 5.78 Å². The van der Waals surface area contributed by atoms with Crippen LogP contribution in [-0.4, -0.2) is 37.7 Å². The van der Waals surface area contributed by atoms with Crippen molar-refractivity contribution in [1.29, 1.82) is 0 Å². The number of rotatable bonds is 8. The summed E-state index contributed by atoms with van der Waals surface area (Å²) in [7, 11) is -3.82. The molecule has 1 aromatic heterocycles. The van der Waals surface area contributed by atoms with Crippen LogP contribution in [-0.2, 0) is 37.2 Å². The summed E-state index contributed by atoms with van der Waals surface area (Å²) in [5, 5.41) is 2.82. The predicted molar refractivity (Wildman–Crippen MR) is 148 cm³/mol. The molecule has 1 aliphatic carbocycles. The normalized spacial score (nSPS) is 15.9. The van der Waals surface area contributed by atoms with Crippen LogP contribution >= 0.6 is 0 Å². The summed E-state index contributed by atoms with van der Waals surface area (Å²) in [6, 6.07) is 12.9. The van der Waals surface area contributed by atoms with E-state index in [0.29, 0.717) is 58.6 Å². The van der Waals surface area contributed by atoms with Crippen LogP contribution in [0, 0.1) is 0 Å². The monoisotopic (exact) mass is 547 g/mol. The van der Waals surface area contributed by atoms with Gasteiger partial charge in [-0.2, -0.15) is 0 Å². The van der Waals surface area contributed by atoms with Crippen molar-refractivity contribution in [1.82, 2.24) is 4.98 Å². The van der Waals surface area contributed by atoms with Gasteiger partial charge in [0.25, 0.3) is 15.9 Å². The van der Waals surface area contributed by atoms with Crippen molar-refractivity contribution in [3.63, 3.8) is 0 Å². The van der Waals surface area contributed by atoms with Gasteiger partial charge in [-0.25, -0.2) is 8.42 Å². The van der Waals surface area contributed by atoms with Gasteiger partial charge in [0, 0.05) is 46.7 Å². The maximum absolute atomic E-state index is 13.0. The molecule has 202 valence electrons. The number of Topliss-reactive ketones (excluding diaryl/α,β-unsaturated/α-hetero) is 1. The van der Waals surface area contributed by atoms with Crippen LogP contribution in [0.15, 0.2) is 53.4 Å². The lowest BCUT2D eigenvalue weighted by Crippen LogP contribution is -2.12. The van der Waals surface area contributed by atoms with Gasteiger partial charge in [-0.15, -0.1) is 0 Å². The smallest absolute Gasteiger partial charge is 0.306 e. The minimum atomic E-state index is -3.82. The van der Waals surface area contributed by atoms with Crippen molar-refractivity contribution in [3.8, 4) is 0 Å². The summed E-state index contributed by atoms with van der Waals surface area (Å²) in [6.07, 6.45) is 4.87. The quantitative estimate of drug-likeness (QED) is 0.212. The van der Waals surface area contributed by atoms with Gasteiger partial charge in [-0.1, -0.05) is 18.2 Å². The van der Waals surface area contributed by atoms with Crippen LogP contribution in [0.3, 0.4) is 0 Å². The van der Waals surface area contributed by atoms with E-state index in [1.807, 2.05) is 0 Å². The van der Waals surface area contributed by atoms with Crippen LogP contribution in [0.5, 0.6) is 0 Å². The van der Waals surface area contributed by atoms with E-state index in [9.17, 15) is 22.8 Å². The minimum absolute atomic E-state index is 0.0242. The lowest BCUT2D eigenvalue weighted by Gasteiger charge is -2.10. The van der Waals surface area contributed by atoms with Crippen molar-refractivity contribution in [2.45, 2.75) is 50.3 Å². The van der Waals surface area contributed by atoms with Crippen molar-refractivity contribution in [3.05, 3.63) is 76.6 Å². The van der Waals surface area contributed by atoms with E-state index in [2.05, 4.69) is 15.0 Å². The number of hydrogen-bond donors (Lipinski definition) is 3. The molecule has 0 radical (unpaired) electrons. The molecule has 0 unspecified atom stereocenters. The van der Waals surface area contributed by atoms with Crippen LogP contribution in [0.25, 0.3) is 11.6 Å². The van der Waals surface area contributed by atoms with Gasteiger partial charge in [0.2, 0.25) is 0 Å². The van der Waals surface area contributed by atoms with Gasteiger partial charge in [-0.3, -0.25) is 19.1 Å². The second-order valence-corrected chi connectivity index (χ2v) is 11.2. The number of hydrogen-bond acceptors (Lipinski definition) is 6. The zero-order valence-corrected chi connectivity index (χ0v) is 22.3. The Morgan fingerprint density at radius 2 is 1.85 bits per heavy atom. The van der Waals surface area contributed by atoms with Crippen LogP contribution in [0.1, 0.15) is 65.5 Å². The molecule has 2 aliphatic rings. The number of ether oxygens (including phenoxy) is 1. The number of ketones is 1. The van der Waals surface area contributed by atoms with Gasteiger partial charge in [-0.05, 0) is 74.6 Å². The summed E-state index contributed by atoms with van der Waals surface area (Å²) >= 11 is 0. The molecule has 0 fully saturated rings. The van der Waals surface area contributed by atoms with Crippen molar-refractivity contribution < 1.29 is 27.5 Å². The number of anilines is 2. The van der Waals surface area contributed by atoms with Crippen LogP contribution in [0.4, 0.5) is 11.4 Å². The SMILES string of the molecule is CCOC(=O)CCc1c(C=C2C(=O)Nc3ccc(NS(=O)(=O)c4ccccc4)cc32)[nH]c2c1C(=O)CCCC2. The molecule has 1 amide bonds. The fraction of sp³-hybridized carbons (Fsp3) is 0.276. The lowest BCUT2D eigenvalue weighted by molar-refractivity contribution is -0.143. The van der Waals surface area contributed by atoms with E-state index in [0.717, 1.165) is 18.5 Å². The first-order valence-corrected chi connectivity index (χ1v) is 14.4. The molecule has 0 saturated heterocycles. The number of H-pyrrole nitrogens is 1. The number of aryl methyl sites for hydroxylation is 1. The number of benzene rings is 2. The first-order valence-electron chi connectivity index (χ1n) is 12.9. The Hall–Kier alpha value is -4.18. The molecule has 9 nitrogen and oxygen atoms in total. The Morgan fingerprint density at radius 3 is 2.62 bits per heavy atom. The molecule has 0 spiro atoms. The third kappa shape index (κ3) is 5.51. The number of sulfonamides is 1. The summed E-state index contributed by atoms with van der Waals surface area (Å²) < 4.78 is 33.4. The van der Waals surface area contributed by atoms with E-state index in [1.165, 1.54) is 12.1 Å². The van der Waals surface area contributed by atoms with Crippen LogP contribution in [0.2, 0.25) is 0 Å². The summed E-state index contributed by atoms with van der Waals surface area (Å²) in [5.41, 5.74) is 4.41. The first kappa shape index (κ1) is 26.4. The van der Waals surface area contributed by atoms with Crippen molar-refractivity contribution in [2.24, 2.45) is 0 Å². The Balaban J connectivity index is 1.52. The number of aromatic nitrogens is 1. The average molecular weight is 548 g/mol. The highest BCUT2D eigenvalue weighted by Crippen LogP contribution is 2.37. The molecule has 2 heterocycles. The number of aromatic amines is 1. The summed E-state index contributed by atoms with van der Waals surface area (Å²) in [4.78, 5) is 41.6. The lowest BCUT2D eigenvalue weighted by atomic mass is 9.97. The summed E-state index contributed by atoms with van der Waals surface area (Å²) in [5.74, 6) is -0.678. The molecule has 3 N–H and O–H groups in total. The number of carbonyl (C=O) groups is 3. The first-order chi connectivity index (χ1) is 18.8. The maximum atomic E-state index is 13.0. The largest absolute Gasteiger partial charge is 0.466 e. The Bertz CT molecular complexity index is 1590. The molecule has 3 aromatic rings. The van der Waals surface area contributed by atoms with E-state index >= 15 is 0 Å². The fourth-order valence-electron chi connectivity index (χ4n) is 5.05. The van der Waals surface area contributed by atoms with Gasteiger partial charge in [0.05, 0.1) is 17.1 Å². The minimum Gasteiger partial charge on any atom is -0.466 e. The number of carbonyl (C=O) groups excluding carboxylic acids is 3. The molecule has 5 rings (SSSR count). The van der Waals surface area contributed by atoms with Gasteiger partial charge >= 0.3 is 5.97 Å². The number of nitrogens with one attached hydrogen (secondary N) is 3. The zero-order valence-electron chi connectivity index (χ0n) is 21.5. The zero-order chi connectivity index (χ0) is 27.6. The predicted octanol–water partition coefficient (Wildman–Crippen LogP) is 4.71. The van der Waals surface area contributed by atoms with Gasteiger partial charge < -0.3 is 15.0 Å². The van der Waals surface area contributed by atoms with E-state index in [1.54, 1.807) is 49.4 Å². The Kier molecular flexibility index (Phi) is 7.38. The topological polar surface area (TPSA) is 134 Å². The van der Waals surface area contributed by atoms with E-state index in [-0.39, 0.29) is 35.6 Å². The highest BCUT2D eigenvalue weighted by atomic mass is 32.2. The molecular weight excluding hydrogens is 518 g/mol. The standard InChI is InChI=1S/C29H29N3O6S/c1-2-38-27(34)15-13-20-25(30-24-10-6-7-11-26(33)28(20)24)17-22-21-16-18(12-14-23(21)31-29(22)35)32-39(36,37)19-8-4-3-5-9-19/h3-5,8-9,12,14,16-17,30,32H,2,6-7,10-11,13,15H2,1H3,(H,31,35). The third-order valence-electron chi connectivity index (χ3n) is 6.86. The number of amides is 1. The third-order valence-corrected chi connectivity index (χ3v) is 8.25. The summed E-state index contributed by atoms with van der Waals surface area (Å²) in [6.45, 7) is 2.01. The van der Waals surface area contributed by atoms with Crippen molar-refractivity contribution >= 4 is 50.7 Å². The average Bonchev–Trinajstić information content (AvgIpc) is 3.35.